The Morgan fingerprint density at radius 1 is 1.25 bits per heavy atom. The lowest BCUT2D eigenvalue weighted by molar-refractivity contribution is -0.120. The molecule has 1 atom stereocenters. The first kappa shape index (κ1) is 15.4. The zero-order chi connectivity index (χ0) is 16.5. The molecule has 0 aromatic heterocycles. The molecular formula is C20H22N2O2. The molecule has 2 aromatic carbocycles. The van der Waals surface area contributed by atoms with E-state index in [1.54, 1.807) is 0 Å². The molecule has 1 saturated heterocycles. The minimum Gasteiger partial charge on any atom is -0.392 e. The van der Waals surface area contributed by atoms with Gasteiger partial charge in [0.05, 0.1) is 12.6 Å². The van der Waals surface area contributed by atoms with Crippen molar-refractivity contribution in [3.8, 4) is 11.1 Å². The highest BCUT2D eigenvalue weighted by molar-refractivity contribution is 6.00. The van der Waals surface area contributed by atoms with E-state index < -0.39 is 0 Å². The van der Waals surface area contributed by atoms with E-state index in [4.69, 9.17) is 0 Å². The summed E-state index contributed by atoms with van der Waals surface area (Å²) in [5.74, 6) is 0.167. The van der Waals surface area contributed by atoms with Gasteiger partial charge in [0.2, 0.25) is 5.91 Å². The average Bonchev–Trinajstić information content (AvgIpc) is 3.31. The number of rotatable bonds is 3. The van der Waals surface area contributed by atoms with Gasteiger partial charge in [-0.05, 0) is 60.2 Å². The molecule has 0 bridgehead atoms. The third-order valence-electron chi connectivity index (χ3n) is 5.05. The van der Waals surface area contributed by atoms with Gasteiger partial charge in [0.15, 0.2) is 0 Å². The third kappa shape index (κ3) is 2.62. The van der Waals surface area contributed by atoms with Crippen LogP contribution in [0.1, 0.15) is 24.0 Å². The van der Waals surface area contributed by atoms with E-state index >= 15 is 0 Å². The molecule has 0 radical (unpaired) electrons. The molecule has 2 aromatic rings. The summed E-state index contributed by atoms with van der Waals surface area (Å²) >= 11 is 0. The Labute approximate surface area is 142 Å². The SMILES string of the molecule is O=C([C@@H]1CCCN1)N1CCc2c(-c3ccccc3)cc(CO)cc21. The molecule has 4 nitrogen and oxygen atoms in total. The Morgan fingerprint density at radius 2 is 2.08 bits per heavy atom. The van der Waals surface area contributed by atoms with E-state index in [0.717, 1.165) is 54.7 Å². The number of aliphatic hydroxyl groups is 1. The number of carbonyl (C=O) groups is 1. The topological polar surface area (TPSA) is 52.6 Å². The van der Waals surface area contributed by atoms with E-state index in [1.807, 2.05) is 29.2 Å². The number of fused-ring (bicyclic) bond motifs is 1. The van der Waals surface area contributed by atoms with Gasteiger partial charge in [-0.15, -0.1) is 0 Å². The predicted octanol–water partition coefficient (Wildman–Crippen LogP) is 2.49. The van der Waals surface area contributed by atoms with Crippen molar-refractivity contribution in [1.82, 2.24) is 5.32 Å². The lowest BCUT2D eigenvalue weighted by Gasteiger charge is -2.22. The largest absolute Gasteiger partial charge is 0.392 e. The molecule has 2 aliphatic heterocycles. The highest BCUT2D eigenvalue weighted by Crippen LogP contribution is 2.38. The van der Waals surface area contributed by atoms with Crippen LogP contribution >= 0.6 is 0 Å². The van der Waals surface area contributed by atoms with Crippen LogP contribution < -0.4 is 10.2 Å². The molecular weight excluding hydrogens is 300 g/mol. The van der Waals surface area contributed by atoms with Crippen LogP contribution in [0.25, 0.3) is 11.1 Å². The van der Waals surface area contributed by atoms with Gasteiger partial charge in [0.1, 0.15) is 0 Å². The van der Waals surface area contributed by atoms with E-state index in [9.17, 15) is 9.90 Å². The van der Waals surface area contributed by atoms with Crippen molar-refractivity contribution in [1.29, 1.82) is 0 Å². The normalized spacial score (nSPS) is 19.5. The fourth-order valence-corrected chi connectivity index (χ4v) is 3.84. The minimum atomic E-state index is -0.0612. The summed E-state index contributed by atoms with van der Waals surface area (Å²) < 4.78 is 0. The first-order valence-corrected chi connectivity index (χ1v) is 8.65. The number of aliphatic hydroxyl groups excluding tert-OH is 1. The molecule has 124 valence electrons. The summed E-state index contributed by atoms with van der Waals surface area (Å²) in [5.41, 5.74) is 5.31. The van der Waals surface area contributed by atoms with Crippen LogP contribution in [0.5, 0.6) is 0 Å². The van der Waals surface area contributed by atoms with E-state index in [-0.39, 0.29) is 18.6 Å². The first-order chi connectivity index (χ1) is 11.8. The summed E-state index contributed by atoms with van der Waals surface area (Å²) in [6, 6.07) is 14.2. The summed E-state index contributed by atoms with van der Waals surface area (Å²) in [7, 11) is 0. The number of amides is 1. The van der Waals surface area contributed by atoms with Crippen molar-refractivity contribution in [2.75, 3.05) is 18.0 Å². The van der Waals surface area contributed by atoms with Crippen molar-refractivity contribution in [2.24, 2.45) is 0 Å². The second kappa shape index (κ2) is 6.38. The van der Waals surface area contributed by atoms with Gasteiger partial charge in [0.25, 0.3) is 0 Å². The third-order valence-corrected chi connectivity index (χ3v) is 5.05. The molecule has 2 aliphatic rings. The van der Waals surface area contributed by atoms with Crippen LogP contribution in [0.4, 0.5) is 5.69 Å². The molecule has 0 aliphatic carbocycles. The van der Waals surface area contributed by atoms with E-state index in [2.05, 4.69) is 23.5 Å². The van der Waals surface area contributed by atoms with Crippen LogP contribution in [0.2, 0.25) is 0 Å². The molecule has 0 unspecified atom stereocenters. The molecule has 4 rings (SSSR count). The quantitative estimate of drug-likeness (QED) is 0.913. The Bertz CT molecular complexity index is 752. The number of hydrogen-bond acceptors (Lipinski definition) is 3. The Hall–Kier alpha value is -2.17. The summed E-state index contributed by atoms with van der Waals surface area (Å²) in [5, 5.41) is 13.0. The van der Waals surface area contributed by atoms with Gasteiger partial charge in [0, 0.05) is 12.2 Å². The van der Waals surface area contributed by atoms with Crippen molar-refractivity contribution in [3.05, 3.63) is 53.6 Å². The standard InChI is InChI=1S/C20H22N2O2/c23-13-14-11-17(15-5-2-1-3-6-15)16-8-10-22(19(16)12-14)20(24)18-7-4-9-21-18/h1-3,5-6,11-12,18,21,23H,4,7-10,13H2/t18-/m0/s1. The lowest BCUT2D eigenvalue weighted by Crippen LogP contribution is -2.43. The second-order valence-corrected chi connectivity index (χ2v) is 6.55. The van der Waals surface area contributed by atoms with Crippen LogP contribution in [-0.2, 0) is 17.8 Å². The Morgan fingerprint density at radius 3 is 2.79 bits per heavy atom. The Kier molecular flexibility index (Phi) is 4.08. The van der Waals surface area contributed by atoms with Crippen LogP contribution in [0.15, 0.2) is 42.5 Å². The van der Waals surface area contributed by atoms with Crippen molar-refractivity contribution >= 4 is 11.6 Å². The van der Waals surface area contributed by atoms with Crippen molar-refractivity contribution < 1.29 is 9.90 Å². The number of nitrogens with zero attached hydrogens (tertiary/aromatic N) is 1. The van der Waals surface area contributed by atoms with E-state index in [0.29, 0.717) is 0 Å². The molecule has 2 heterocycles. The van der Waals surface area contributed by atoms with Crippen LogP contribution in [0, 0.1) is 0 Å². The van der Waals surface area contributed by atoms with Crippen molar-refractivity contribution in [2.45, 2.75) is 31.9 Å². The van der Waals surface area contributed by atoms with Crippen molar-refractivity contribution in [3.63, 3.8) is 0 Å². The predicted molar refractivity (Wildman–Crippen MR) is 94.9 cm³/mol. The molecule has 0 saturated carbocycles. The minimum absolute atomic E-state index is 0.0170. The number of nitrogens with one attached hydrogen (secondary N) is 1. The highest BCUT2D eigenvalue weighted by Gasteiger charge is 2.33. The smallest absolute Gasteiger partial charge is 0.244 e. The van der Waals surface area contributed by atoms with Gasteiger partial charge >= 0.3 is 0 Å². The molecule has 2 N–H and O–H groups in total. The maximum Gasteiger partial charge on any atom is 0.244 e. The highest BCUT2D eigenvalue weighted by atomic mass is 16.3. The fraction of sp³-hybridized carbons (Fsp3) is 0.350. The molecule has 24 heavy (non-hydrogen) atoms. The zero-order valence-electron chi connectivity index (χ0n) is 13.7. The fourth-order valence-electron chi connectivity index (χ4n) is 3.84. The van der Waals surface area contributed by atoms with Gasteiger partial charge in [-0.1, -0.05) is 30.3 Å². The van der Waals surface area contributed by atoms with Gasteiger partial charge < -0.3 is 15.3 Å². The molecule has 1 fully saturated rings. The number of anilines is 1. The molecule has 1 amide bonds. The molecule has 0 spiro atoms. The summed E-state index contributed by atoms with van der Waals surface area (Å²) in [6.45, 7) is 1.63. The summed E-state index contributed by atoms with van der Waals surface area (Å²) in [4.78, 5) is 14.8. The van der Waals surface area contributed by atoms with Crippen LogP contribution in [-0.4, -0.2) is 30.1 Å². The zero-order valence-corrected chi connectivity index (χ0v) is 13.7. The van der Waals surface area contributed by atoms with E-state index in [1.165, 1.54) is 5.56 Å². The second-order valence-electron chi connectivity index (χ2n) is 6.55. The number of benzene rings is 2. The maximum absolute atomic E-state index is 12.9. The average molecular weight is 322 g/mol. The summed E-state index contributed by atoms with van der Waals surface area (Å²) in [6.07, 6.45) is 2.84. The number of hydrogen-bond donors (Lipinski definition) is 2. The monoisotopic (exact) mass is 322 g/mol. The number of carbonyl (C=O) groups excluding carboxylic acids is 1. The van der Waals surface area contributed by atoms with Gasteiger partial charge in [-0.2, -0.15) is 0 Å². The van der Waals surface area contributed by atoms with Gasteiger partial charge in [-0.3, -0.25) is 4.79 Å². The maximum atomic E-state index is 12.9. The lowest BCUT2D eigenvalue weighted by atomic mass is 9.95. The first-order valence-electron chi connectivity index (χ1n) is 8.65. The van der Waals surface area contributed by atoms with Crippen LogP contribution in [0.3, 0.4) is 0 Å². The Balaban J connectivity index is 1.76. The van der Waals surface area contributed by atoms with Gasteiger partial charge in [-0.25, -0.2) is 0 Å². The molecule has 4 heteroatoms.